The molecule has 0 saturated carbocycles. The Morgan fingerprint density at radius 3 is 2.17 bits per heavy atom. The number of para-hydroxylation sites is 1. The molecule has 0 bridgehead atoms. The van der Waals surface area contributed by atoms with Crippen molar-refractivity contribution in [2.24, 2.45) is 0 Å². The molecule has 0 atom stereocenters. The lowest BCUT2D eigenvalue weighted by Gasteiger charge is -2.35. The number of carbonyl (C=O) groups is 2. The Morgan fingerprint density at radius 2 is 1.55 bits per heavy atom. The number of nitrogens with zero attached hydrogens (tertiary/aromatic N) is 3. The van der Waals surface area contributed by atoms with Crippen LogP contribution in [0.5, 0.6) is 0 Å². The van der Waals surface area contributed by atoms with Gasteiger partial charge in [0.25, 0.3) is 11.8 Å². The summed E-state index contributed by atoms with van der Waals surface area (Å²) in [5, 5.41) is 2.41. The molecule has 6 heteroatoms. The number of hydrogen-bond donors (Lipinski definition) is 0. The van der Waals surface area contributed by atoms with Crippen LogP contribution < -0.4 is 0 Å². The summed E-state index contributed by atoms with van der Waals surface area (Å²) in [5.41, 5.74) is 3.01. The SMILES string of the molecule is C=Cn1c2ccccc2c2cc(C=C3C(=O)N(CC)C(=S)N(CC)C3=O)ccc21. The number of hydrogen-bond acceptors (Lipinski definition) is 3. The van der Waals surface area contributed by atoms with Crippen LogP contribution in [0.1, 0.15) is 19.4 Å². The van der Waals surface area contributed by atoms with Crippen LogP contribution in [0.4, 0.5) is 0 Å². The summed E-state index contributed by atoms with van der Waals surface area (Å²) in [4.78, 5) is 28.7. The molecule has 0 N–H and O–H groups in total. The number of benzene rings is 2. The molecule has 0 aliphatic carbocycles. The predicted octanol–water partition coefficient (Wildman–Crippen LogP) is 4.27. The van der Waals surface area contributed by atoms with Gasteiger partial charge in [0.05, 0.1) is 11.0 Å². The van der Waals surface area contributed by atoms with Crippen LogP contribution in [0.3, 0.4) is 0 Å². The first-order chi connectivity index (χ1) is 14.0. The van der Waals surface area contributed by atoms with Gasteiger partial charge in [0.1, 0.15) is 5.57 Å². The van der Waals surface area contributed by atoms with Gasteiger partial charge in [-0.05, 0) is 55.9 Å². The first-order valence-corrected chi connectivity index (χ1v) is 9.97. The molecule has 29 heavy (non-hydrogen) atoms. The maximum atomic E-state index is 12.9. The quantitative estimate of drug-likeness (QED) is 0.371. The summed E-state index contributed by atoms with van der Waals surface area (Å²) in [6.45, 7) is 8.46. The molecule has 3 aromatic rings. The van der Waals surface area contributed by atoms with Gasteiger partial charge >= 0.3 is 0 Å². The van der Waals surface area contributed by atoms with E-state index in [1.165, 1.54) is 9.80 Å². The zero-order chi connectivity index (χ0) is 20.7. The zero-order valence-electron chi connectivity index (χ0n) is 16.4. The van der Waals surface area contributed by atoms with Crippen molar-refractivity contribution in [1.82, 2.24) is 14.4 Å². The van der Waals surface area contributed by atoms with E-state index in [0.29, 0.717) is 13.1 Å². The Labute approximate surface area is 174 Å². The van der Waals surface area contributed by atoms with Crippen molar-refractivity contribution >= 4 is 63.2 Å². The third-order valence-corrected chi connectivity index (χ3v) is 5.71. The molecule has 2 amide bonds. The Kier molecular flexibility index (Phi) is 4.80. The smallest absolute Gasteiger partial charge is 0.265 e. The van der Waals surface area contributed by atoms with Gasteiger partial charge in [0.2, 0.25) is 0 Å². The second kappa shape index (κ2) is 7.29. The Morgan fingerprint density at radius 1 is 0.931 bits per heavy atom. The summed E-state index contributed by atoms with van der Waals surface area (Å²) in [6.07, 6.45) is 3.45. The van der Waals surface area contributed by atoms with Crippen LogP contribution >= 0.6 is 12.2 Å². The molecule has 2 aromatic carbocycles. The van der Waals surface area contributed by atoms with E-state index in [1.54, 1.807) is 12.3 Å². The lowest BCUT2D eigenvalue weighted by molar-refractivity contribution is -0.133. The van der Waals surface area contributed by atoms with Gasteiger partial charge < -0.3 is 4.57 Å². The Bertz CT molecular complexity index is 1190. The fourth-order valence-electron chi connectivity index (χ4n) is 3.86. The van der Waals surface area contributed by atoms with Crippen molar-refractivity contribution in [3.8, 4) is 0 Å². The van der Waals surface area contributed by atoms with Gasteiger partial charge in [-0.15, -0.1) is 0 Å². The molecule has 5 nitrogen and oxygen atoms in total. The molecule has 146 valence electrons. The highest BCUT2D eigenvalue weighted by molar-refractivity contribution is 7.80. The first kappa shape index (κ1) is 19.1. The van der Waals surface area contributed by atoms with Gasteiger partial charge in [-0.25, -0.2) is 0 Å². The summed E-state index contributed by atoms with van der Waals surface area (Å²) in [5.74, 6) is -0.693. The zero-order valence-corrected chi connectivity index (χ0v) is 17.2. The van der Waals surface area contributed by atoms with Crippen molar-refractivity contribution in [3.63, 3.8) is 0 Å². The number of aromatic nitrogens is 1. The summed E-state index contributed by atoms with van der Waals surface area (Å²) in [6, 6.07) is 14.0. The maximum Gasteiger partial charge on any atom is 0.265 e. The fourth-order valence-corrected chi connectivity index (χ4v) is 4.28. The van der Waals surface area contributed by atoms with Crippen LogP contribution in [-0.4, -0.2) is 44.4 Å². The average Bonchev–Trinajstić information content (AvgIpc) is 3.05. The molecular formula is C23H21N3O2S. The molecule has 1 aliphatic heterocycles. The second-order valence-electron chi connectivity index (χ2n) is 6.79. The summed E-state index contributed by atoms with van der Waals surface area (Å²) in [7, 11) is 0. The van der Waals surface area contributed by atoms with E-state index in [0.717, 1.165) is 27.4 Å². The predicted molar refractivity (Wildman–Crippen MR) is 121 cm³/mol. The second-order valence-corrected chi connectivity index (χ2v) is 7.15. The van der Waals surface area contributed by atoms with E-state index >= 15 is 0 Å². The van der Waals surface area contributed by atoms with Gasteiger partial charge in [0, 0.05) is 30.1 Å². The monoisotopic (exact) mass is 403 g/mol. The molecule has 1 saturated heterocycles. The standard InChI is InChI=1S/C23H21N3O2S/c1-4-24-19-10-8-7-9-16(19)17-13-15(11-12-20(17)24)14-18-21(27)25(5-2)23(29)26(6-3)22(18)28/h4,7-14H,1,5-6H2,2-3H3. The third-order valence-electron chi connectivity index (χ3n) is 5.27. The van der Waals surface area contributed by atoms with Gasteiger partial charge in [-0.2, -0.15) is 0 Å². The van der Waals surface area contributed by atoms with Gasteiger partial charge in [0.15, 0.2) is 5.11 Å². The number of fused-ring (bicyclic) bond motifs is 3. The minimum atomic E-state index is -0.346. The van der Waals surface area contributed by atoms with Gasteiger partial charge in [-0.3, -0.25) is 19.4 Å². The molecule has 1 aliphatic rings. The maximum absolute atomic E-state index is 12.9. The van der Waals surface area contributed by atoms with Crippen LogP contribution in [0, 0.1) is 0 Å². The van der Waals surface area contributed by atoms with E-state index in [2.05, 4.69) is 12.6 Å². The highest BCUT2D eigenvalue weighted by Gasteiger charge is 2.37. The molecule has 0 unspecified atom stereocenters. The normalized spacial score (nSPS) is 15.0. The number of amides is 2. The van der Waals surface area contributed by atoms with E-state index in [1.807, 2.05) is 54.8 Å². The first-order valence-electron chi connectivity index (χ1n) is 9.56. The van der Waals surface area contributed by atoms with Crippen LogP contribution in [0.25, 0.3) is 34.1 Å². The fraction of sp³-hybridized carbons (Fsp3) is 0.174. The third kappa shape index (κ3) is 2.87. The van der Waals surface area contributed by atoms with Crippen LogP contribution in [0.2, 0.25) is 0 Å². The molecule has 0 radical (unpaired) electrons. The average molecular weight is 404 g/mol. The molecule has 4 rings (SSSR count). The molecule has 1 aromatic heterocycles. The molecule has 1 fully saturated rings. The van der Waals surface area contributed by atoms with E-state index < -0.39 is 0 Å². The largest absolute Gasteiger partial charge is 0.317 e. The minimum Gasteiger partial charge on any atom is -0.317 e. The summed E-state index contributed by atoms with van der Waals surface area (Å²) < 4.78 is 2.04. The molecule has 2 heterocycles. The molecular weight excluding hydrogens is 382 g/mol. The van der Waals surface area contributed by atoms with Crippen molar-refractivity contribution in [1.29, 1.82) is 0 Å². The van der Waals surface area contributed by atoms with E-state index in [9.17, 15) is 9.59 Å². The van der Waals surface area contributed by atoms with Gasteiger partial charge in [-0.1, -0.05) is 30.8 Å². The highest BCUT2D eigenvalue weighted by atomic mass is 32.1. The van der Waals surface area contributed by atoms with Crippen LogP contribution in [-0.2, 0) is 9.59 Å². The number of carbonyl (C=O) groups excluding carboxylic acids is 2. The van der Waals surface area contributed by atoms with Crippen molar-refractivity contribution in [2.45, 2.75) is 13.8 Å². The Hall–Kier alpha value is -3.25. The van der Waals surface area contributed by atoms with Crippen molar-refractivity contribution < 1.29 is 9.59 Å². The summed E-state index contributed by atoms with van der Waals surface area (Å²) >= 11 is 5.32. The van der Waals surface area contributed by atoms with Crippen molar-refractivity contribution in [3.05, 3.63) is 60.2 Å². The molecule has 0 spiro atoms. The number of likely N-dealkylation sites (N-methyl/N-ethyl adjacent to an activating group) is 2. The Balaban J connectivity index is 1.88. The highest BCUT2D eigenvalue weighted by Crippen LogP contribution is 2.31. The number of rotatable bonds is 4. The van der Waals surface area contributed by atoms with Crippen molar-refractivity contribution in [2.75, 3.05) is 13.1 Å². The number of thiocarbonyl (C=S) groups is 1. The minimum absolute atomic E-state index is 0.133. The lowest BCUT2D eigenvalue weighted by atomic mass is 10.0. The topological polar surface area (TPSA) is 45.6 Å². The van der Waals surface area contributed by atoms with E-state index in [-0.39, 0.29) is 22.5 Å². The van der Waals surface area contributed by atoms with E-state index in [4.69, 9.17) is 12.2 Å². The lowest BCUT2D eigenvalue weighted by Crippen LogP contribution is -2.55. The van der Waals surface area contributed by atoms with Crippen LogP contribution in [0.15, 0.2) is 54.6 Å².